The van der Waals surface area contributed by atoms with E-state index in [1.54, 1.807) is 5.32 Å². The summed E-state index contributed by atoms with van der Waals surface area (Å²) in [6.45, 7) is 6.60. The van der Waals surface area contributed by atoms with Crippen molar-refractivity contribution < 1.29 is 41.3 Å². The second-order valence-electron chi connectivity index (χ2n) is 8.64. The van der Waals surface area contributed by atoms with E-state index in [-0.39, 0.29) is 12.4 Å². The van der Waals surface area contributed by atoms with Crippen LogP contribution in [0.2, 0.25) is 25.7 Å². The average molecular weight is 504 g/mol. The van der Waals surface area contributed by atoms with Gasteiger partial charge in [-0.05, 0) is 24.2 Å². The van der Waals surface area contributed by atoms with Crippen LogP contribution in [0.4, 0.5) is 32.4 Å². The monoisotopic (exact) mass is 503 g/mol. The van der Waals surface area contributed by atoms with E-state index in [9.17, 15) is 26.7 Å². The number of nitrogens with zero attached hydrogens (tertiary/aromatic N) is 2. The first-order valence-electron chi connectivity index (χ1n) is 10.1. The Morgan fingerprint density at radius 2 is 1.85 bits per heavy atom. The van der Waals surface area contributed by atoms with E-state index in [0.29, 0.717) is 6.61 Å². The highest BCUT2D eigenvalue weighted by molar-refractivity contribution is 6.76. The third-order valence-corrected chi connectivity index (χ3v) is 6.46. The summed E-state index contributed by atoms with van der Waals surface area (Å²) in [5, 5.41) is 9.90. The molecular formula is C21H22F5N3O4Si. The number of carboxylic acid groups (broad SMARTS) is 1. The summed E-state index contributed by atoms with van der Waals surface area (Å²) in [5.41, 5.74) is -1.86. The van der Waals surface area contributed by atoms with Gasteiger partial charge in [0.25, 0.3) is 0 Å². The zero-order chi connectivity index (χ0) is 25.3. The number of hydrogen-bond donors (Lipinski definition) is 2. The summed E-state index contributed by atoms with van der Waals surface area (Å²) < 4.78 is 82.0. The van der Waals surface area contributed by atoms with Gasteiger partial charge in [0.15, 0.2) is 11.6 Å². The lowest BCUT2D eigenvalue weighted by atomic mass is 10.2. The number of rotatable bonds is 8. The van der Waals surface area contributed by atoms with Crippen molar-refractivity contribution in [1.82, 2.24) is 9.55 Å². The smallest absolute Gasteiger partial charge is 0.418 e. The molecule has 3 aromatic rings. The van der Waals surface area contributed by atoms with Gasteiger partial charge in [0, 0.05) is 27.1 Å². The van der Waals surface area contributed by atoms with E-state index in [0.717, 1.165) is 30.4 Å². The quantitative estimate of drug-likeness (QED) is 0.207. The van der Waals surface area contributed by atoms with Crippen LogP contribution in [0.25, 0.3) is 11.0 Å². The van der Waals surface area contributed by atoms with E-state index >= 15 is 0 Å². The Bertz CT molecular complexity index is 1210. The Kier molecular flexibility index (Phi) is 7.17. The maximum Gasteiger partial charge on any atom is 0.418 e. The van der Waals surface area contributed by atoms with Gasteiger partial charge in [0.05, 0.1) is 16.6 Å². The minimum Gasteiger partial charge on any atom is -0.465 e. The van der Waals surface area contributed by atoms with Gasteiger partial charge in [-0.15, -0.1) is 0 Å². The minimum atomic E-state index is -4.79. The fraction of sp³-hybridized carbons (Fsp3) is 0.333. The molecule has 0 bridgehead atoms. The second-order valence-corrected chi connectivity index (χ2v) is 14.3. The van der Waals surface area contributed by atoms with Gasteiger partial charge in [-0.25, -0.2) is 14.2 Å². The molecule has 7 nitrogen and oxygen atoms in total. The van der Waals surface area contributed by atoms with Crippen LogP contribution in [0.1, 0.15) is 5.56 Å². The molecule has 1 aromatic carbocycles. The van der Waals surface area contributed by atoms with Gasteiger partial charge >= 0.3 is 12.3 Å². The SMILES string of the molecule is C[Si](C)(C)CCOCn1cc(C(F)(F)F)c2c(Oc3ccc(NC(=O)O)c(F)c3F)ccnc21. The molecule has 2 aromatic heterocycles. The molecule has 34 heavy (non-hydrogen) atoms. The lowest BCUT2D eigenvalue weighted by Crippen LogP contribution is -2.22. The lowest BCUT2D eigenvalue weighted by Gasteiger charge is -2.15. The van der Waals surface area contributed by atoms with E-state index in [4.69, 9.17) is 14.6 Å². The summed E-state index contributed by atoms with van der Waals surface area (Å²) in [5.74, 6) is -4.27. The first-order chi connectivity index (χ1) is 15.8. The van der Waals surface area contributed by atoms with Crippen molar-refractivity contribution in [1.29, 1.82) is 0 Å². The van der Waals surface area contributed by atoms with Crippen molar-refractivity contribution in [2.45, 2.75) is 38.6 Å². The molecule has 2 N–H and O–H groups in total. The summed E-state index contributed by atoms with van der Waals surface area (Å²) in [6, 6.07) is 3.70. The summed E-state index contributed by atoms with van der Waals surface area (Å²) in [4.78, 5) is 14.7. The van der Waals surface area contributed by atoms with Crippen molar-refractivity contribution in [2.24, 2.45) is 0 Å². The number of anilines is 1. The maximum absolute atomic E-state index is 14.4. The molecule has 3 rings (SSSR count). The van der Waals surface area contributed by atoms with E-state index < -0.39 is 60.1 Å². The van der Waals surface area contributed by atoms with Gasteiger partial charge in [0.1, 0.15) is 18.1 Å². The lowest BCUT2D eigenvalue weighted by molar-refractivity contribution is -0.136. The molecule has 0 aliphatic carbocycles. The number of amides is 1. The largest absolute Gasteiger partial charge is 0.465 e. The Morgan fingerprint density at radius 3 is 2.47 bits per heavy atom. The number of carbonyl (C=O) groups is 1. The number of alkyl halides is 3. The van der Waals surface area contributed by atoms with Crippen LogP contribution in [0, 0.1) is 11.6 Å². The number of ether oxygens (including phenoxy) is 2. The van der Waals surface area contributed by atoms with Crippen LogP contribution in [0.5, 0.6) is 11.5 Å². The number of pyridine rings is 1. The summed E-state index contributed by atoms with van der Waals surface area (Å²) in [7, 11) is -1.40. The maximum atomic E-state index is 14.4. The zero-order valence-corrected chi connectivity index (χ0v) is 19.5. The number of benzene rings is 1. The third-order valence-electron chi connectivity index (χ3n) is 4.76. The first kappa shape index (κ1) is 25.4. The molecule has 13 heteroatoms. The van der Waals surface area contributed by atoms with Gasteiger partial charge in [-0.3, -0.25) is 5.32 Å². The predicted molar refractivity (Wildman–Crippen MR) is 117 cm³/mol. The first-order valence-corrected chi connectivity index (χ1v) is 13.8. The molecule has 184 valence electrons. The molecule has 0 atom stereocenters. The molecule has 0 saturated heterocycles. The Labute approximate surface area is 192 Å². The normalized spacial score (nSPS) is 12.2. The van der Waals surface area contributed by atoms with Crippen molar-refractivity contribution in [2.75, 3.05) is 11.9 Å². The molecule has 0 radical (unpaired) electrons. The highest BCUT2D eigenvalue weighted by atomic mass is 28.3. The summed E-state index contributed by atoms with van der Waals surface area (Å²) >= 11 is 0. The van der Waals surface area contributed by atoms with Crippen molar-refractivity contribution in [3.8, 4) is 11.5 Å². The number of halogens is 5. The van der Waals surface area contributed by atoms with Gasteiger partial charge in [0.2, 0.25) is 5.82 Å². The van der Waals surface area contributed by atoms with Gasteiger partial charge in [-0.1, -0.05) is 19.6 Å². The Morgan fingerprint density at radius 1 is 1.15 bits per heavy atom. The highest BCUT2D eigenvalue weighted by Crippen LogP contribution is 2.41. The number of fused-ring (bicyclic) bond motifs is 1. The van der Waals surface area contributed by atoms with Crippen LogP contribution in [-0.2, 0) is 17.6 Å². The molecule has 2 heterocycles. The van der Waals surface area contributed by atoms with E-state index in [1.807, 2.05) is 0 Å². The second kappa shape index (κ2) is 9.58. The van der Waals surface area contributed by atoms with Crippen LogP contribution in [0.15, 0.2) is 30.6 Å². The Balaban J connectivity index is 1.98. The van der Waals surface area contributed by atoms with E-state index in [2.05, 4.69) is 24.6 Å². The van der Waals surface area contributed by atoms with Crippen molar-refractivity contribution in [3.05, 3.63) is 47.8 Å². The number of nitrogens with one attached hydrogen (secondary N) is 1. The average Bonchev–Trinajstić information content (AvgIpc) is 3.10. The van der Waals surface area contributed by atoms with Crippen molar-refractivity contribution in [3.63, 3.8) is 0 Å². The molecule has 0 fully saturated rings. The molecule has 0 unspecified atom stereocenters. The van der Waals surface area contributed by atoms with Crippen molar-refractivity contribution >= 4 is 30.9 Å². The summed E-state index contributed by atoms with van der Waals surface area (Å²) in [6.07, 6.45) is -4.41. The fourth-order valence-electron chi connectivity index (χ4n) is 3.07. The van der Waals surface area contributed by atoms with Gasteiger partial charge in [-0.2, -0.15) is 17.6 Å². The Hall–Kier alpha value is -3.19. The zero-order valence-electron chi connectivity index (χ0n) is 18.5. The predicted octanol–water partition coefficient (Wildman–Crippen LogP) is 6.53. The standard InChI is InChI=1S/C21H22F5N3O4Si/c1-34(2,3)9-8-32-11-29-10-12(21(24,25)26)16-14(6-7-27-19(16)29)33-15-5-4-13(28-20(30)31)17(22)18(15)23/h4-7,10,28H,8-9,11H2,1-3H3,(H,30,31). The molecule has 1 amide bonds. The minimum absolute atomic E-state index is 0.108. The van der Waals surface area contributed by atoms with Crippen LogP contribution >= 0.6 is 0 Å². The topological polar surface area (TPSA) is 85.6 Å². The number of hydrogen-bond acceptors (Lipinski definition) is 4. The van der Waals surface area contributed by atoms with Crippen LogP contribution in [0.3, 0.4) is 0 Å². The molecular weight excluding hydrogens is 481 g/mol. The fourth-order valence-corrected chi connectivity index (χ4v) is 3.82. The molecule has 0 saturated carbocycles. The third kappa shape index (κ3) is 5.83. The molecule has 0 aliphatic rings. The van der Waals surface area contributed by atoms with E-state index in [1.165, 1.54) is 10.8 Å². The highest BCUT2D eigenvalue weighted by Gasteiger charge is 2.36. The van der Waals surface area contributed by atoms with Gasteiger partial charge < -0.3 is 19.1 Å². The molecule has 0 spiro atoms. The molecule has 0 aliphatic heterocycles. The van der Waals surface area contributed by atoms with Crippen LogP contribution in [-0.4, -0.2) is 35.4 Å². The van der Waals surface area contributed by atoms with Crippen LogP contribution < -0.4 is 10.1 Å². The number of aromatic nitrogens is 2.